The van der Waals surface area contributed by atoms with E-state index in [9.17, 15) is 9.18 Å². The molecule has 7 heteroatoms. The van der Waals surface area contributed by atoms with Gasteiger partial charge in [-0.05, 0) is 48.5 Å². The Labute approximate surface area is 176 Å². The van der Waals surface area contributed by atoms with Gasteiger partial charge in [-0.25, -0.2) is 9.37 Å². The van der Waals surface area contributed by atoms with Gasteiger partial charge < -0.3 is 9.88 Å². The van der Waals surface area contributed by atoms with Crippen molar-refractivity contribution >= 4 is 40.1 Å². The lowest BCUT2D eigenvalue weighted by molar-refractivity contribution is 0.0949. The van der Waals surface area contributed by atoms with Crippen LogP contribution in [0.25, 0.3) is 11.0 Å². The van der Waals surface area contributed by atoms with Crippen molar-refractivity contribution in [3.63, 3.8) is 0 Å². The highest BCUT2D eigenvalue weighted by molar-refractivity contribution is 6.36. The number of nitrogens with one attached hydrogen (secondary N) is 1. The van der Waals surface area contributed by atoms with Crippen LogP contribution in [0.1, 0.15) is 21.7 Å². The van der Waals surface area contributed by atoms with Crippen molar-refractivity contribution in [2.75, 3.05) is 0 Å². The lowest BCUT2D eigenvalue weighted by Gasteiger charge is -2.13. The number of carbonyl (C=O) groups is 1. The molecule has 1 amide bonds. The Morgan fingerprint density at radius 2 is 1.66 bits per heavy atom. The van der Waals surface area contributed by atoms with Crippen LogP contribution in [0.2, 0.25) is 10.0 Å². The molecule has 1 heterocycles. The number of imidazole rings is 1. The number of halogens is 3. The molecule has 4 rings (SSSR count). The number of nitrogens with zero attached hydrogens (tertiary/aromatic N) is 2. The summed E-state index contributed by atoms with van der Waals surface area (Å²) >= 11 is 12.7. The minimum absolute atomic E-state index is 0.201. The van der Waals surface area contributed by atoms with E-state index in [0.717, 1.165) is 16.6 Å². The molecule has 29 heavy (non-hydrogen) atoms. The lowest BCUT2D eigenvalue weighted by atomic mass is 10.2. The highest BCUT2D eigenvalue weighted by Crippen LogP contribution is 2.27. The fraction of sp³-hybridized carbons (Fsp3) is 0.0909. The molecule has 146 valence electrons. The molecule has 0 atom stereocenters. The fourth-order valence-electron chi connectivity index (χ4n) is 3.14. The first kappa shape index (κ1) is 19.4. The molecule has 0 radical (unpaired) electrons. The van der Waals surface area contributed by atoms with Crippen molar-refractivity contribution in [2.24, 2.45) is 0 Å². The maximum absolute atomic E-state index is 13.1. The van der Waals surface area contributed by atoms with E-state index in [1.54, 1.807) is 18.2 Å². The van der Waals surface area contributed by atoms with E-state index < -0.39 is 0 Å². The van der Waals surface area contributed by atoms with Gasteiger partial charge in [0.15, 0.2) is 0 Å². The predicted molar refractivity (Wildman–Crippen MR) is 113 cm³/mol. The molecule has 0 bridgehead atoms. The number of fused-ring (bicyclic) bond motifs is 1. The minimum atomic E-state index is -0.389. The summed E-state index contributed by atoms with van der Waals surface area (Å²) in [6, 6.07) is 18.5. The summed E-state index contributed by atoms with van der Waals surface area (Å²) in [5, 5.41) is 3.97. The molecular weight excluding hydrogens is 412 g/mol. The summed E-state index contributed by atoms with van der Waals surface area (Å²) in [5.41, 5.74) is 2.88. The van der Waals surface area contributed by atoms with Gasteiger partial charge in [-0.2, -0.15) is 0 Å². The Hall–Kier alpha value is -2.89. The third kappa shape index (κ3) is 4.11. The Bertz CT molecular complexity index is 1170. The zero-order valence-corrected chi connectivity index (χ0v) is 16.7. The van der Waals surface area contributed by atoms with Crippen molar-refractivity contribution in [3.8, 4) is 0 Å². The van der Waals surface area contributed by atoms with Crippen molar-refractivity contribution in [1.29, 1.82) is 0 Å². The quantitative estimate of drug-likeness (QED) is 0.459. The number of carbonyl (C=O) groups excluding carboxylic acids is 1. The molecule has 1 aromatic heterocycles. The molecule has 0 aliphatic rings. The summed E-state index contributed by atoms with van der Waals surface area (Å²) in [6.45, 7) is 0.619. The summed E-state index contributed by atoms with van der Waals surface area (Å²) < 4.78 is 15.1. The molecular formula is C22H16Cl2FN3O. The Morgan fingerprint density at radius 1 is 0.966 bits per heavy atom. The van der Waals surface area contributed by atoms with Crippen molar-refractivity contribution in [1.82, 2.24) is 14.9 Å². The second-order valence-corrected chi connectivity index (χ2v) is 7.31. The van der Waals surface area contributed by atoms with Crippen LogP contribution in [-0.2, 0) is 13.1 Å². The van der Waals surface area contributed by atoms with E-state index in [1.807, 2.05) is 28.8 Å². The number of hydrogen-bond acceptors (Lipinski definition) is 2. The van der Waals surface area contributed by atoms with E-state index in [1.165, 1.54) is 24.3 Å². The lowest BCUT2D eigenvalue weighted by Crippen LogP contribution is -2.25. The number of rotatable bonds is 5. The average Bonchev–Trinajstić information content (AvgIpc) is 3.07. The monoisotopic (exact) mass is 427 g/mol. The van der Waals surface area contributed by atoms with Gasteiger partial charge in [0.1, 0.15) is 11.6 Å². The van der Waals surface area contributed by atoms with Gasteiger partial charge in [0.05, 0.1) is 24.1 Å². The fourth-order valence-corrected chi connectivity index (χ4v) is 3.66. The number of benzene rings is 3. The standard InChI is InChI=1S/C22H16Cl2FN3O/c23-17-4-3-5-18(24)16(17)13-28-20-7-2-1-6-19(20)27-21(28)12-26-22(29)14-8-10-15(25)11-9-14/h1-11H,12-13H2,(H,26,29). The van der Waals surface area contributed by atoms with Crippen molar-refractivity contribution in [2.45, 2.75) is 13.1 Å². The molecule has 3 aromatic carbocycles. The van der Waals surface area contributed by atoms with E-state index in [0.29, 0.717) is 28.0 Å². The Morgan fingerprint density at radius 3 is 2.38 bits per heavy atom. The van der Waals surface area contributed by atoms with E-state index >= 15 is 0 Å². The molecule has 4 nitrogen and oxygen atoms in total. The van der Waals surface area contributed by atoms with Gasteiger partial charge in [0, 0.05) is 21.2 Å². The molecule has 0 saturated heterocycles. The second-order valence-electron chi connectivity index (χ2n) is 6.49. The third-order valence-corrected chi connectivity index (χ3v) is 5.33. The zero-order chi connectivity index (χ0) is 20.4. The highest BCUT2D eigenvalue weighted by Gasteiger charge is 2.15. The Balaban J connectivity index is 1.64. The number of amides is 1. The van der Waals surface area contributed by atoms with Crippen LogP contribution in [0.15, 0.2) is 66.7 Å². The summed E-state index contributed by atoms with van der Waals surface area (Å²) in [4.78, 5) is 17.1. The number of aromatic nitrogens is 2. The number of para-hydroxylation sites is 2. The second kappa shape index (κ2) is 8.23. The first-order chi connectivity index (χ1) is 14.0. The molecule has 1 N–H and O–H groups in total. The van der Waals surface area contributed by atoms with E-state index in [-0.39, 0.29) is 18.3 Å². The molecule has 4 aromatic rings. The topological polar surface area (TPSA) is 46.9 Å². The van der Waals surface area contributed by atoms with Crippen LogP contribution in [0.3, 0.4) is 0 Å². The van der Waals surface area contributed by atoms with E-state index in [4.69, 9.17) is 23.2 Å². The van der Waals surface area contributed by atoms with E-state index in [2.05, 4.69) is 10.3 Å². The van der Waals surface area contributed by atoms with Gasteiger partial charge in [-0.1, -0.05) is 41.4 Å². The van der Waals surface area contributed by atoms with Crippen molar-refractivity contribution in [3.05, 3.63) is 99.5 Å². The SMILES string of the molecule is O=C(NCc1nc2ccccc2n1Cc1c(Cl)cccc1Cl)c1ccc(F)cc1. The van der Waals surface area contributed by atoms with Crippen molar-refractivity contribution < 1.29 is 9.18 Å². The molecule has 0 saturated carbocycles. The number of hydrogen-bond donors (Lipinski definition) is 1. The van der Waals surface area contributed by atoms with Crippen LogP contribution in [0, 0.1) is 5.82 Å². The summed E-state index contributed by atoms with van der Waals surface area (Å²) in [6.07, 6.45) is 0. The molecule has 0 unspecified atom stereocenters. The maximum Gasteiger partial charge on any atom is 0.251 e. The first-order valence-corrected chi connectivity index (χ1v) is 9.69. The van der Waals surface area contributed by atoms with Crippen LogP contribution in [-0.4, -0.2) is 15.5 Å². The molecule has 0 aliphatic heterocycles. The summed E-state index contributed by atoms with van der Waals surface area (Å²) in [7, 11) is 0. The van der Waals surface area contributed by atoms with Gasteiger partial charge in [-0.15, -0.1) is 0 Å². The smallest absolute Gasteiger partial charge is 0.251 e. The molecule has 0 spiro atoms. The van der Waals surface area contributed by atoms with Gasteiger partial charge in [-0.3, -0.25) is 4.79 Å². The third-order valence-electron chi connectivity index (χ3n) is 4.62. The van der Waals surface area contributed by atoms with Crippen LogP contribution < -0.4 is 5.32 Å². The van der Waals surface area contributed by atoms with Gasteiger partial charge >= 0.3 is 0 Å². The van der Waals surface area contributed by atoms with Gasteiger partial charge in [0.2, 0.25) is 0 Å². The zero-order valence-electron chi connectivity index (χ0n) is 15.2. The highest BCUT2D eigenvalue weighted by atomic mass is 35.5. The normalized spacial score (nSPS) is 11.0. The van der Waals surface area contributed by atoms with Crippen LogP contribution in [0.5, 0.6) is 0 Å². The minimum Gasteiger partial charge on any atom is -0.345 e. The van der Waals surface area contributed by atoms with Gasteiger partial charge in [0.25, 0.3) is 5.91 Å². The average molecular weight is 428 g/mol. The maximum atomic E-state index is 13.1. The Kier molecular flexibility index (Phi) is 5.51. The molecule has 0 fully saturated rings. The molecule has 0 aliphatic carbocycles. The predicted octanol–water partition coefficient (Wildman–Crippen LogP) is 5.46. The summed E-state index contributed by atoms with van der Waals surface area (Å²) in [5.74, 6) is -0.0306. The first-order valence-electron chi connectivity index (χ1n) is 8.94. The van der Waals surface area contributed by atoms with Crippen LogP contribution in [0.4, 0.5) is 4.39 Å². The largest absolute Gasteiger partial charge is 0.345 e. The van der Waals surface area contributed by atoms with Crippen LogP contribution >= 0.6 is 23.2 Å².